The number of carbonyl (C=O) groups excluding carboxylic acids is 7. The summed E-state index contributed by atoms with van der Waals surface area (Å²) in [6.07, 6.45) is 3.40. The number of Topliss-reactive ketones (excluding diaryl/α,β-unsaturated/α-hetero) is 2. The number of likely N-dealkylation sites (tertiary alicyclic amines) is 2. The number of alkyl carbamates (subject to hydrolysis) is 2. The molecule has 2 unspecified atom stereocenters. The van der Waals surface area contributed by atoms with Crippen LogP contribution in [0.2, 0.25) is 0 Å². The van der Waals surface area contributed by atoms with E-state index in [1.54, 1.807) is 95.2 Å². The van der Waals surface area contributed by atoms with Crippen molar-refractivity contribution in [3.05, 3.63) is 25.3 Å². The fraction of sp³-hybridized carbons (Fsp3) is 0.793. The van der Waals surface area contributed by atoms with Crippen LogP contribution in [-0.4, -0.2) is 164 Å². The molecule has 4 saturated carbocycles. The summed E-state index contributed by atoms with van der Waals surface area (Å²) in [5.74, 6) is -4.72. The van der Waals surface area contributed by atoms with Gasteiger partial charge in [-0.2, -0.15) is 0 Å². The number of rotatable bonds is 19. The molecule has 0 aromatic carbocycles. The van der Waals surface area contributed by atoms with Crippen LogP contribution in [-0.2, 0) is 67.8 Å². The third-order valence-corrected chi connectivity index (χ3v) is 21.1. The van der Waals surface area contributed by atoms with Gasteiger partial charge in [-0.15, -0.1) is 13.2 Å². The zero-order valence-electron chi connectivity index (χ0n) is 52.2. The predicted molar refractivity (Wildman–Crippen MR) is 310 cm³/mol. The fourth-order valence-corrected chi connectivity index (χ4v) is 12.8. The Morgan fingerprint density at radius 3 is 1.22 bits per heavy atom. The van der Waals surface area contributed by atoms with Gasteiger partial charge in [-0.25, -0.2) is 31.6 Å². The van der Waals surface area contributed by atoms with Crippen LogP contribution in [0.3, 0.4) is 0 Å². The summed E-state index contributed by atoms with van der Waals surface area (Å²) in [7, 11) is -4.10. The molecule has 5 amide bonds. The number of carboxylic acid groups (broad SMARTS) is 1. The molecule has 6 aliphatic rings. The number of nitrogens with one attached hydrogen (secondary N) is 3. The highest BCUT2D eigenvalue weighted by Crippen LogP contribution is 2.58. The molecular formula is C58H96N6O17S2. The molecular weight excluding hydrogens is 1120 g/mol. The summed E-state index contributed by atoms with van der Waals surface area (Å²) in [6.45, 7) is 35.8. The van der Waals surface area contributed by atoms with Gasteiger partial charge in [0.15, 0.2) is 11.6 Å². The van der Waals surface area contributed by atoms with E-state index in [9.17, 15) is 60.3 Å². The number of ether oxygens (including phenoxy) is 4. The molecule has 2 heterocycles. The molecule has 2 aliphatic heterocycles. The maximum atomic E-state index is 14.0. The van der Waals surface area contributed by atoms with Gasteiger partial charge in [-0.3, -0.25) is 33.5 Å². The highest BCUT2D eigenvalue weighted by Gasteiger charge is 2.64. The number of methoxy groups -OCH3 is 2. The third-order valence-electron chi connectivity index (χ3n) is 17.1. The van der Waals surface area contributed by atoms with Gasteiger partial charge >= 0.3 is 18.2 Å². The molecule has 83 heavy (non-hydrogen) atoms. The number of ketones is 2. The minimum atomic E-state index is -3.90. The average molecular weight is 1210 g/mol. The first-order valence-corrected chi connectivity index (χ1v) is 31.4. The Morgan fingerprint density at radius 2 is 0.964 bits per heavy atom. The Labute approximate surface area is 492 Å². The van der Waals surface area contributed by atoms with E-state index in [1.165, 1.54) is 24.0 Å². The second-order valence-corrected chi connectivity index (χ2v) is 32.7. The standard InChI is InChI=1S/C29H47N3O8S.C25H40N2O7.C4H9NO2S/c1-11-18-14-29(18,24(35)31-41(37,38)28(9)12-13-28)15-19(33)21-17(2)20(39-10)16-32(21)23(34)22(26(3,4)5)30-25(36)40-27(6,7)8;1-10-15-11-25(15,21(30)31)12-16(28)18-14(2)17(33-9)13-27(18)20(29)19(23(3,4)5)26-22(32)34-24(6,7)8;1-4(2-3-4)8(5,6)7/h11,17-18,20-22H,1,12-16H2,2-10H3,(H,30,36)(H,31,35);10,14-15,17-19H,1,11-13H2,2-9H3,(H,26,32)(H,30,31);2-3H2,1H3,(H2,5,6,7)/t17?,18-,20+,21+,22-,29-;14?,15-,17+,18+,19-,25-;/m11./s1. The topological polar surface area (TPSA) is 331 Å². The number of amides is 5. The Bertz CT molecular complexity index is 2750. The van der Waals surface area contributed by atoms with Gasteiger partial charge in [-0.1, -0.05) is 67.5 Å². The molecule has 25 heteroatoms. The lowest BCUT2D eigenvalue weighted by molar-refractivity contribution is -0.148. The second-order valence-electron chi connectivity index (χ2n) is 28.4. The van der Waals surface area contributed by atoms with Crippen LogP contribution in [0.25, 0.3) is 0 Å². The molecule has 0 spiro atoms. The number of carboxylic acids is 1. The number of sulfonamides is 2. The van der Waals surface area contributed by atoms with Gasteiger partial charge in [0.25, 0.3) is 0 Å². The number of nitrogens with two attached hydrogens (primary N) is 1. The number of allylic oxidation sites excluding steroid dienone is 2. The maximum absolute atomic E-state index is 14.0. The van der Waals surface area contributed by atoms with E-state index in [0.29, 0.717) is 19.3 Å². The lowest BCUT2D eigenvalue weighted by atomic mass is 9.84. The smallest absolute Gasteiger partial charge is 0.408 e. The Balaban J connectivity index is 0.000000317. The van der Waals surface area contributed by atoms with Gasteiger partial charge in [-0.05, 0) is 117 Å². The summed E-state index contributed by atoms with van der Waals surface area (Å²) in [5, 5.41) is 20.0. The van der Waals surface area contributed by atoms with Crippen molar-refractivity contribution >= 4 is 67.5 Å². The lowest BCUT2D eigenvalue weighted by Gasteiger charge is -2.36. The SMILES string of the molecule is C=C[C@@H]1C[C@]1(CC(=O)[C@@H]1C(C)[C@@H](OC)CN1C(=O)[C@@H](NC(=O)OC(C)(C)C)C(C)(C)C)C(=O)NS(=O)(=O)C1(C)CC1.C=C[C@@H]1C[C@]1(CC(=O)[C@@H]1C(C)[C@@H](OC)CN1C(=O)[C@@H](NC(=O)OC(C)(C)C)C(C)(C)C)C(=O)O.CC1(S(N)(=O)=O)CC1. The molecule has 0 bridgehead atoms. The molecule has 6 fully saturated rings. The monoisotopic (exact) mass is 1210 g/mol. The van der Waals surface area contributed by atoms with Crippen LogP contribution in [0, 0.1) is 45.3 Å². The summed E-state index contributed by atoms with van der Waals surface area (Å²) in [5.41, 5.74) is -5.35. The van der Waals surface area contributed by atoms with Crippen LogP contribution >= 0.6 is 0 Å². The zero-order chi connectivity index (χ0) is 64.0. The van der Waals surface area contributed by atoms with Crippen molar-refractivity contribution in [1.82, 2.24) is 25.2 Å². The van der Waals surface area contributed by atoms with E-state index in [0.717, 1.165) is 12.8 Å². The van der Waals surface area contributed by atoms with Gasteiger partial charge < -0.3 is 44.5 Å². The predicted octanol–water partition coefficient (Wildman–Crippen LogP) is 5.79. The lowest BCUT2D eigenvalue weighted by Crippen LogP contribution is -2.58. The molecule has 23 nitrogen and oxygen atoms in total. The van der Waals surface area contributed by atoms with Crippen molar-refractivity contribution in [2.45, 2.75) is 219 Å². The maximum Gasteiger partial charge on any atom is 0.408 e. The molecule has 0 aromatic heterocycles. The molecule has 6 N–H and O–H groups in total. The summed E-state index contributed by atoms with van der Waals surface area (Å²) in [6, 6.07) is -3.77. The van der Waals surface area contributed by atoms with E-state index in [2.05, 4.69) is 28.5 Å². The molecule has 0 radical (unpaired) electrons. The van der Waals surface area contributed by atoms with Crippen molar-refractivity contribution in [2.24, 2.45) is 50.5 Å². The van der Waals surface area contributed by atoms with E-state index < -0.39 is 141 Å². The van der Waals surface area contributed by atoms with Crippen molar-refractivity contribution in [3.8, 4) is 0 Å². The van der Waals surface area contributed by atoms with Crippen LogP contribution < -0.4 is 20.5 Å². The number of aliphatic carboxylic acids is 1. The molecule has 6 rings (SSSR count). The normalized spacial score (nSPS) is 29.3. The first kappa shape index (κ1) is 70.5. The molecule has 2 saturated heterocycles. The van der Waals surface area contributed by atoms with Crippen LogP contribution in [0.1, 0.15) is 162 Å². The summed E-state index contributed by atoms with van der Waals surface area (Å²) in [4.78, 5) is 109. The first-order chi connectivity index (χ1) is 37.6. The van der Waals surface area contributed by atoms with E-state index >= 15 is 0 Å². The zero-order valence-corrected chi connectivity index (χ0v) is 53.8. The van der Waals surface area contributed by atoms with E-state index in [-0.39, 0.29) is 61.7 Å². The molecule has 0 aromatic rings. The van der Waals surface area contributed by atoms with Crippen molar-refractivity contribution < 1.29 is 79.2 Å². The Morgan fingerprint density at radius 1 is 0.627 bits per heavy atom. The van der Waals surface area contributed by atoms with E-state index in [1.807, 2.05) is 27.7 Å². The largest absolute Gasteiger partial charge is 0.481 e. The molecule has 472 valence electrons. The average Bonchev–Trinajstić information content (AvgIpc) is 3.20. The second kappa shape index (κ2) is 24.8. The molecule has 4 aliphatic carbocycles. The van der Waals surface area contributed by atoms with Gasteiger partial charge in [0.2, 0.25) is 37.8 Å². The number of carbonyl (C=O) groups is 8. The van der Waals surface area contributed by atoms with Crippen LogP contribution in [0.5, 0.6) is 0 Å². The first-order valence-electron chi connectivity index (χ1n) is 28.3. The minimum Gasteiger partial charge on any atom is -0.481 e. The number of nitrogens with zero attached hydrogens (tertiary/aromatic N) is 2. The van der Waals surface area contributed by atoms with Gasteiger partial charge in [0, 0.05) is 52.0 Å². The fourth-order valence-electron chi connectivity index (χ4n) is 10.8. The van der Waals surface area contributed by atoms with Crippen molar-refractivity contribution in [1.29, 1.82) is 0 Å². The van der Waals surface area contributed by atoms with E-state index in [4.69, 9.17) is 24.1 Å². The summed E-state index contributed by atoms with van der Waals surface area (Å²) < 4.78 is 69.2. The highest BCUT2D eigenvalue weighted by atomic mass is 32.2. The minimum absolute atomic E-state index is 0.117. The number of hydrogen-bond donors (Lipinski definition) is 5. The number of primary sulfonamides is 1. The Kier molecular flexibility index (Phi) is 21.1. The number of hydrogen-bond acceptors (Lipinski definition) is 16. The van der Waals surface area contributed by atoms with Crippen LogP contribution in [0.4, 0.5) is 9.59 Å². The van der Waals surface area contributed by atoms with Crippen molar-refractivity contribution in [2.75, 3.05) is 27.3 Å². The molecule has 12 atom stereocenters. The Hall–Kier alpha value is -4.98. The highest BCUT2D eigenvalue weighted by molar-refractivity contribution is 7.91. The quantitative estimate of drug-likeness (QED) is 0.0956. The van der Waals surface area contributed by atoms with Crippen LogP contribution in [0.15, 0.2) is 25.3 Å². The van der Waals surface area contributed by atoms with Crippen molar-refractivity contribution in [3.63, 3.8) is 0 Å². The van der Waals surface area contributed by atoms with Gasteiger partial charge in [0.1, 0.15) is 23.3 Å². The summed E-state index contributed by atoms with van der Waals surface area (Å²) >= 11 is 0. The van der Waals surface area contributed by atoms with Gasteiger partial charge in [0.05, 0.1) is 44.6 Å². The third kappa shape index (κ3) is 16.5.